The van der Waals surface area contributed by atoms with Gasteiger partial charge in [0, 0.05) is 37.8 Å². The minimum atomic E-state index is -0.807. The monoisotopic (exact) mass is 522 g/mol. The lowest BCUT2D eigenvalue weighted by Gasteiger charge is -2.41. The number of benzene rings is 3. The van der Waals surface area contributed by atoms with E-state index in [9.17, 15) is 18.7 Å². The zero-order valence-corrected chi connectivity index (χ0v) is 21.8. The third kappa shape index (κ3) is 5.31. The average Bonchev–Trinajstić information content (AvgIpc) is 2.89. The number of fused-ring (bicyclic) bond motifs is 1. The van der Waals surface area contributed by atoms with E-state index in [1.165, 1.54) is 30.3 Å². The molecule has 38 heavy (non-hydrogen) atoms. The molecule has 2 heterocycles. The van der Waals surface area contributed by atoms with Crippen LogP contribution in [0.3, 0.4) is 0 Å². The number of phenolic OH excluding ortho intramolecular Hbond substituents is 1. The number of nitrogens with zero attached hydrogens (tertiary/aromatic N) is 2. The lowest BCUT2D eigenvalue weighted by Crippen LogP contribution is -2.54. The van der Waals surface area contributed by atoms with Crippen LogP contribution in [-0.2, 0) is 10.2 Å². The Bertz CT molecular complexity index is 1250. The Balaban J connectivity index is 1.28. The summed E-state index contributed by atoms with van der Waals surface area (Å²) in [7, 11) is 0. The third-order valence-electron chi connectivity index (χ3n) is 7.17. The number of halogens is 2. The van der Waals surface area contributed by atoms with E-state index in [1.807, 2.05) is 20.8 Å². The predicted octanol–water partition coefficient (Wildman–Crippen LogP) is 5.04. The van der Waals surface area contributed by atoms with Crippen LogP contribution in [0.2, 0.25) is 0 Å². The Morgan fingerprint density at radius 3 is 1.97 bits per heavy atom. The van der Waals surface area contributed by atoms with Gasteiger partial charge in [0.25, 0.3) is 5.91 Å². The Kier molecular flexibility index (Phi) is 7.01. The van der Waals surface area contributed by atoms with Gasteiger partial charge in [-0.3, -0.25) is 9.69 Å². The van der Waals surface area contributed by atoms with Gasteiger partial charge in [-0.05, 0) is 46.9 Å². The van der Waals surface area contributed by atoms with Crippen LogP contribution in [0.1, 0.15) is 43.5 Å². The van der Waals surface area contributed by atoms with E-state index in [4.69, 9.17) is 9.47 Å². The Hall–Kier alpha value is -3.65. The lowest BCUT2D eigenvalue weighted by atomic mass is 9.86. The quantitative estimate of drug-likeness (QED) is 0.520. The summed E-state index contributed by atoms with van der Waals surface area (Å²) >= 11 is 0. The van der Waals surface area contributed by atoms with Crippen molar-refractivity contribution in [3.8, 4) is 17.2 Å². The molecule has 1 atom stereocenters. The standard InChI is InChI=1S/C30H32F2N2O4/c1-30(2,3)23-16-25-26(17-24(23)35)38-27(18-37-25)29(36)34-14-12-33(13-15-34)28(19-4-8-21(31)9-5-19)20-6-10-22(32)11-7-20/h4-11,16-17,27-28,35H,12-15,18H2,1-3H3. The molecule has 0 spiro atoms. The number of rotatable bonds is 4. The number of phenols is 1. The van der Waals surface area contributed by atoms with E-state index < -0.39 is 6.10 Å². The zero-order chi connectivity index (χ0) is 27.0. The molecule has 0 aromatic heterocycles. The fourth-order valence-corrected chi connectivity index (χ4v) is 5.14. The van der Waals surface area contributed by atoms with E-state index >= 15 is 0 Å². The molecule has 0 aliphatic carbocycles. The maximum atomic E-state index is 13.6. The van der Waals surface area contributed by atoms with Gasteiger partial charge in [-0.25, -0.2) is 8.78 Å². The molecule has 200 valence electrons. The molecule has 1 unspecified atom stereocenters. The molecule has 0 bridgehead atoms. The Labute approximate surface area is 221 Å². The fraction of sp³-hybridized carbons (Fsp3) is 0.367. The van der Waals surface area contributed by atoms with Crippen molar-refractivity contribution >= 4 is 5.91 Å². The van der Waals surface area contributed by atoms with Crippen molar-refractivity contribution in [2.45, 2.75) is 38.3 Å². The molecule has 1 fully saturated rings. The summed E-state index contributed by atoms with van der Waals surface area (Å²) in [4.78, 5) is 17.3. The summed E-state index contributed by atoms with van der Waals surface area (Å²) in [6.45, 7) is 8.18. The highest BCUT2D eigenvalue weighted by atomic mass is 19.1. The summed E-state index contributed by atoms with van der Waals surface area (Å²) in [5, 5.41) is 10.5. The van der Waals surface area contributed by atoms with Gasteiger partial charge in [-0.1, -0.05) is 45.0 Å². The number of hydrogen-bond donors (Lipinski definition) is 1. The minimum absolute atomic E-state index is 0.0915. The van der Waals surface area contributed by atoms with Crippen LogP contribution in [0.4, 0.5) is 8.78 Å². The number of amides is 1. The van der Waals surface area contributed by atoms with Crippen molar-refractivity contribution in [3.63, 3.8) is 0 Å². The number of piperazine rings is 1. The highest BCUT2D eigenvalue weighted by Crippen LogP contribution is 2.42. The first kappa shape index (κ1) is 26.0. The number of carbonyl (C=O) groups is 1. The summed E-state index contributed by atoms with van der Waals surface area (Å²) in [6, 6.07) is 15.8. The summed E-state index contributed by atoms with van der Waals surface area (Å²) in [5.74, 6) is 0.168. The van der Waals surface area contributed by atoms with Gasteiger partial charge in [-0.15, -0.1) is 0 Å². The first-order valence-electron chi connectivity index (χ1n) is 12.8. The van der Waals surface area contributed by atoms with Crippen LogP contribution >= 0.6 is 0 Å². The van der Waals surface area contributed by atoms with E-state index in [0.717, 1.165) is 16.7 Å². The van der Waals surface area contributed by atoms with Crippen LogP contribution in [0.15, 0.2) is 60.7 Å². The largest absolute Gasteiger partial charge is 0.508 e. The lowest BCUT2D eigenvalue weighted by molar-refractivity contribution is -0.143. The molecule has 8 heteroatoms. The van der Waals surface area contributed by atoms with Gasteiger partial charge < -0.3 is 19.5 Å². The van der Waals surface area contributed by atoms with Crippen molar-refractivity contribution in [1.82, 2.24) is 9.80 Å². The second-order valence-electron chi connectivity index (χ2n) is 10.9. The summed E-state index contributed by atoms with van der Waals surface area (Å²) in [5.41, 5.74) is 2.27. The van der Waals surface area contributed by atoms with E-state index in [1.54, 1.807) is 35.2 Å². The number of carbonyl (C=O) groups excluding carboxylic acids is 1. The molecular formula is C30H32F2N2O4. The maximum Gasteiger partial charge on any atom is 0.267 e. The molecular weight excluding hydrogens is 490 g/mol. The van der Waals surface area contributed by atoms with E-state index in [-0.39, 0.29) is 41.4 Å². The molecule has 1 amide bonds. The van der Waals surface area contributed by atoms with Crippen molar-refractivity contribution in [2.24, 2.45) is 0 Å². The molecule has 5 rings (SSSR count). The van der Waals surface area contributed by atoms with Crippen molar-refractivity contribution in [2.75, 3.05) is 32.8 Å². The molecule has 2 aliphatic heterocycles. The number of aromatic hydroxyl groups is 1. The third-order valence-corrected chi connectivity index (χ3v) is 7.17. The molecule has 0 radical (unpaired) electrons. The van der Waals surface area contributed by atoms with Crippen LogP contribution in [-0.4, -0.2) is 59.7 Å². The number of hydrogen-bond acceptors (Lipinski definition) is 5. The zero-order valence-electron chi connectivity index (χ0n) is 21.8. The molecule has 3 aromatic rings. The van der Waals surface area contributed by atoms with Gasteiger partial charge >= 0.3 is 0 Å². The molecule has 1 N–H and O–H groups in total. The first-order valence-corrected chi connectivity index (χ1v) is 12.8. The highest BCUT2D eigenvalue weighted by molar-refractivity contribution is 5.82. The smallest absolute Gasteiger partial charge is 0.267 e. The van der Waals surface area contributed by atoms with E-state index in [2.05, 4.69) is 4.90 Å². The van der Waals surface area contributed by atoms with Gasteiger partial charge in [0.2, 0.25) is 6.10 Å². The van der Waals surface area contributed by atoms with Crippen molar-refractivity contribution < 1.29 is 28.2 Å². The fourth-order valence-electron chi connectivity index (χ4n) is 5.14. The summed E-state index contributed by atoms with van der Waals surface area (Å²) < 4.78 is 39.1. The maximum absolute atomic E-state index is 13.6. The van der Waals surface area contributed by atoms with Crippen LogP contribution in [0, 0.1) is 11.6 Å². The van der Waals surface area contributed by atoms with E-state index in [0.29, 0.717) is 37.7 Å². The SMILES string of the molecule is CC(C)(C)c1cc2c(cc1O)OC(C(=O)N1CCN(C(c3ccc(F)cc3)c3ccc(F)cc3)CC1)CO2. The van der Waals surface area contributed by atoms with Crippen LogP contribution < -0.4 is 9.47 Å². The van der Waals surface area contributed by atoms with Crippen LogP contribution in [0.5, 0.6) is 17.2 Å². The van der Waals surface area contributed by atoms with Gasteiger partial charge in [0.15, 0.2) is 11.5 Å². The molecule has 1 saturated heterocycles. The predicted molar refractivity (Wildman–Crippen MR) is 140 cm³/mol. The molecule has 3 aromatic carbocycles. The van der Waals surface area contributed by atoms with Crippen molar-refractivity contribution in [3.05, 3.63) is 89.0 Å². The summed E-state index contributed by atoms with van der Waals surface area (Å²) in [6.07, 6.45) is -0.807. The normalized spacial score (nSPS) is 18.1. The molecule has 6 nitrogen and oxygen atoms in total. The molecule has 2 aliphatic rings. The molecule has 0 saturated carbocycles. The van der Waals surface area contributed by atoms with Gasteiger partial charge in [0.05, 0.1) is 6.04 Å². The minimum Gasteiger partial charge on any atom is -0.508 e. The highest BCUT2D eigenvalue weighted by Gasteiger charge is 2.35. The van der Waals surface area contributed by atoms with Crippen LogP contribution in [0.25, 0.3) is 0 Å². The van der Waals surface area contributed by atoms with Gasteiger partial charge in [0.1, 0.15) is 24.0 Å². The Morgan fingerprint density at radius 2 is 1.45 bits per heavy atom. The first-order chi connectivity index (χ1) is 18.1. The second-order valence-corrected chi connectivity index (χ2v) is 10.9. The second kappa shape index (κ2) is 10.3. The van der Waals surface area contributed by atoms with Crippen molar-refractivity contribution in [1.29, 1.82) is 0 Å². The van der Waals surface area contributed by atoms with Gasteiger partial charge in [-0.2, -0.15) is 0 Å². The average molecular weight is 523 g/mol. The topological polar surface area (TPSA) is 62.2 Å². The Morgan fingerprint density at radius 1 is 0.895 bits per heavy atom. The number of ether oxygens (including phenoxy) is 2.